The highest BCUT2D eigenvalue weighted by molar-refractivity contribution is 5.85. The summed E-state index contributed by atoms with van der Waals surface area (Å²) in [6, 6.07) is 10.6. The van der Waals surface area contributed by atoms with E-state index in [1.165, 1.54) is 5.56 Å². The molecular weight excluding hydrogens is 333 g/mol. The molecule has 2 saturated heterocycles. The smallest absolute Gasteiger partial charge is 0.229 e. The number of rotatable bonds is 3. The summed E-state index contributed by atoms with van der Waals surface area (Å²) in [5.41, 5.74) is 1.17. The maximum atomic E-state index is 12.7. The van der Waals surface area contributed by atoms with Crippen molar-refractivity contribution >= 4 is 30.7 Å². The van der Waals surface area contributed by atoms with Gasteiger partial charge in [0.25, 0.3) is 0 Å². The van der Waals surface area contributed by atoms with E-state index in [0.29, 0.717) is 5.91 Å². The first-order valence-electron chi connectivity index (χ1n) is 7.94. The van der Waals surface area contributed by atoms with Crippen molar-refractivity contribution < 1.29 is 4.79 Å². The summed E-state index contributed by atoms with van der Waals surface area (Å²) in [6.45, 7) is 8.57. The normalized spacial score (nSPS) is 24.7. The molecule has 1 N–H and O–H groups in total. The molecule has 6 heteroatoms. The molecule has 2 fully saturated rings. The molecule has 0 aromatic heterocycles. The Labute approximate surface area is 151 Å². The van der Waals surface area contributed by atoms with Crippen LogP contribution in [-0.4, -0.2) is 55.0 Å². The number of hydrogen-bond acceptors (Lipinski definition) is 3. The van der Waals surface area contributed by atoms with Gasteiger partial charge in [-0.2, -0.15) is 0 Å². The monoisotopic (exact) mass is 359 g/mol. The van der Waals surface area contributed by atoms with Gasteiger partial charge < -0.3 is 10.2 Å². The Morgan fingerprint density at radius 1 is 1.13 bits per heavy atom. The zero-order valence-electron chi connectivity index (χ0n) is 13.7. The molecule has 1 unspecified atom stereocenters. The Bertz CT molecular complexity index is 484. The lowest BCUT2D eigenvalue weighted by Gasteiger charge is -2.38. The first kappa shape index (κ1) is 20.2. The number of nitrogens with one attached hydrogen (secondary N) is 1. The number of hydrogen-bond donors (Lipinski definition) is 1. The maximum absolute atomic E-state index is 12.7. The number of carbonyl (C=O) groups is 1. The standard InChI is InChI=1S/C17H25N3O.2ClH/c1-17(7-8-18-14-17)16(21)20-11-9-19(10-12-20)13-15-5-3-2-4-6-15;;/h2-6,18H,7-14H2,1H3;2*1H. The average Bonchev–Trinajstić information content (AvgIpc) is 2.96. The van der Waals surface area contributed by atoms with Crippen molar-refractivity contribution in [3.63, 3.8) is 0 Å². The van der Waals surface area contributed by atoms with Gasteiger partial charge in [0, 0.05) is 39.3 Å². The van der Waals surface area contributed by atoms with Crippen molar-refractivity contribution in [2.45, 2.75) is 19.9 Å². The molecule has 0 bridgehead atoms. The van der Waals surface area contributed by atoms with Crippen LogP contribution in [0.5, 0.6) is 0 Å². The molecule has 0 spiro atoms. The molecule has 1 aromatic carbocycles. The van der Waals surface area contributed by atoms with Gasteiger partial charge >= 0.3 is 0 Å². The zero-order chi connectivity index (χ0) is 14.7. The SMILES string of the molecule is CC1(C(=O)N2CCN(Cc3ccccc3)CC2)CCNC1.Cl.Cl. The topological polar surface area (TPSA) is 35.6 Å². The third-order valence-corrected chi connectivity index (χ3v) is 4.79. The number of carbonyl (C=O) groups excluding carboxylic acids is 1. The summed E-state index contributed by atoms with van der Waals surface area (Å²) in [4.78, 5) is 17.2. The van der Waals surface area contributed by atoms with Crippen molar-refractivity contribution in [1.82, 2.24) is 15.1 Å². The van der Waals surface area contributed by atoms with Crippen LogP contribution in [0.1, 0.15) is 18.9 Å². The Kier molecular flexibility index (Phi) is 7.81. The Morgan fingerprint density at radius 3 is 2.35 bits per heavy atom. The lowest BCUT2D eigenvalue weighted by atomic mass is 9.88. The highest BCUT2D eigenvalue weighted by Crippen LogP contribution is 2.27. The average molecular weight is 360 g/mol. The van der Waals surface area contributed by atoms with E-state index >= 15 is 0 Å². The molecule has 4 nitrogen and oxygen atoms in total. The summed E-state index contributed by atoms with van der Waals surface area (Å²) in [5.74, 6) is 0.340. The highest BCUT2D eigenvalue weighted by Gasteiger charge is 2.39. The van der Waals surface area contributed by atoms with Crippen molar-refractivity contribution in [2.75, 3.05) is 39.3 Å². The molecular formula is C17H27Cl2N3O. The van der Waals surface area contributed by atoms with Gasteiger partial charge in [0.05, 0.1) is 5.41 Å². The Balaban J connectivity index is 0.00000132. The van der Waals surface area contributed by atoms with E-state index in [9.17, 15) is 4.79 Å². The summed E-state index contributed by atoms with van der Waals surface area (Å²) < 4.78 is 0. The van der Waals surface area contributed by atoms with E-state index in [-0.39, 0.29) is 30.2 Å². The van der Waals surface area contributed by atoms with E-state index in [2.05, 4.69) is 52.4 Å². The molecule has 1 amide bonds. The fraction of sp³-hybridized carbons (Fsp3) is 0.588. The minimum Gasteiger partial charge on any atom is -0.340 e. The zero-order valence-corrected chi connectivity index (χ0v) is 15.3. The predicted octanol–water partition coefficient (Wildman–Crippen LogP) is 2.17. The van der Waals surface area contributed by atoms with Crippen molar-refractivity contribution in [3.05, 3.63) is 35.9 Å². The van der Waals surface area contributed by atoms with E-state index in [4.69, 9.17) is 0 Å². The Morgan fingerprint density at radius 2 is 1.78 bits per heavy atom. The van der Waals surface area contributed by atoms with Crippen LogP contribution in [0, 0.1) is 5.41 Å². The van der Waals surface area contributed by atoms with Gasteiger partial charge in [0.2, 0.25) is 5.91 Å². The van der Waals surface area contributed by atoms with Crippen LogP contribution in [0.3, 0.4) is 0 Å². The molecule has 2 aliphatic heterocycles. The van der Waals surface area contributed by atoms with Gasteiger partial charge in [-0.3, -0.25) is 9.69 Å². The highest BCUT2D eigenvalue weighted by atomic mass is 35.5. The Hall–Kier alpha value is -0.810. The lowest BCUT2D eigenvalue weighted by Crippen LogP contribution is -2.52. The minimum absolute atomic E-state index is 0. The van der Waals surface area contributed by atoms with Crippen molar-refractivity contribution in [3.8, 4) is 0 Å². The quantitative estimate of drug-likeness (QED) is 0.898. The fourth-order valence-corrected chi connectivity index (χ4v) is 3.33. The maximum Gasteiger partial charge on any atom is 0.229 e. The molecule has 0 saturated carbocycles. The molecule has 130 valence electrons. The van der Waals surface area contributed by atoms with Crippen molar-refractivity contribution in [2.24, 2.45) is 5.41 Å². The van der Waals surface area contributed by atoms with Crippen LogP contribution in [-0.2, 0) is 11.3 Å². The van der Waals surface area contributed by atoms with Crippen LogP contribution < -0.4 is 5.32 Å². The van der Waals surface area contributed by atoms with Crippen molar-refractivity contribution in [1.29, 1.82) is 0 Å². The molecule has 2 heterocycles. The molecule has 1 aromatic rings. The number of piperazine rings is 1. The van der Waals surface area contributed by atoms with Gasteiger partial charge in [-0.15, -0.1) is 24.8 Å². The van der Waals surface area contributed by atoms with Gasteiger partial charge in [-0.25, -0.2) is 0 Å². The molecule has 1 atom stereocenters. The van der Waals surface area contributed by atoms with Crippen LogP contribution in [0.25, 0.3) is 0 Å². The molecule has 23 heavy (non-hydrogen) atoms. The second-order valence-electron chi connectivity index (χ2n) is 6.54. The lowest BCUT2D eigenvalue weighted by molar-refractivity contribution is -0.142. The van der Waals surface area contributed by atoms with Gasteiger partial charge in [-0.1, -0.05) is 30.3 Å². The van der Waals surface area contributed by atoms with Crippen LogP contribution in [0.4, 0.5) is 0 Å². The van der Waals surface area contributed by atoms with Crippen LogP contribution in [0.15, 0.2) is 30.3 Å². The summed E-state index contributed by atoms with van der Waals surface area (Å²) in [6.07, 6.45) is 0.968. The minimum atomic E-state index is -0.179. The van der Waals surface area contributed by atoms with Crippen LogP contribution in [0.2, 0.25) is 0 Å². The molecule has 2 aliphatic rings. The third kappa shape index (κ3) is 4.83. The van der Waals surface area contributed by atoms with Gasteiger partial charge in [-0.05, 0) is 25.5 Å². The van der Waals surface area contributed by atoms with Crippen LogP contribution >= 0.6 is 24.8 Å². The third-order valence-electron chi connectivity index (χ3n) is 4.79. The predicted molar refractivity (Wildman–Crippen MR) is 98.4 cm³/mol. The number of benzene rings is 1. The van der Waals surface area contributed by atoms with E-state index in [1.807, 2.05) is 0 Å². The second kappa shape index (κ2) is 8.88. The van der Waals surface area contributed by atoms with E-state index < -0.39 is 0 Å². The molecule has 3 rings (SSSR count). The molecule has 0 radical (unpaired) electrons. The molecule has 0 aliphatic carbocycles. The van der Waals surface area contributed by atoms with E-state index in [1.54, 1.807) is 0 Å². The largest absolute Gasteiger partial charge is 0.340 e. The number of nitrogens with zero attached hydrogens (tertiary/aromatic N) is 2. The first-order chi connectivity index (χ1) is 10.2. The van der Waals surface area contributed by atoms with E-state index in [0.717, 1.165) is 52.2 Å². The van der Waals surface area contributed by atoms with Gasteiger partial charge in [0.15, 0.2) is 0 Å². The first-order valence-corrected chi connectivity index (χ1v) is 7.94. The number of amides is 1. The summed E-state index contributed by atoms with van der Waals surface area (Å²) in [7, 11) is 0. The second-order valence-corrected chi connectivity index (χ2v) is 6.54. The number of halogens is 2. The fourth-order valence-electron chi connectivity index (χ4n) is 3.33. The van der Waals surface area contributed by atoms with Gasteiger partial charge in [0.1, 0.15) is 0 Å². The summed E-state index contributed by atoms with van der Waals surface area (Å²) in [5, 5.41) is 3.32. The summed E-state index contributed by atoms with van der Waals surface area (Å²) >= 11 is 0.